The Balaban J connectivity index is 3.36. The first-order valence-electron chi connectivity index (χ1n) is 4.97. The third-order valence-corrected chi connectivity index (χ3v) is 2.01. The second-order valence-corrected chi connectivity index (χ2v) is 3.45. The molecule has 80 valence electrons. The standard InChI is InChI=1S/C9H24N4/c1-5-13(9-11-10-2)8-6-7-12(3)4/h10-11H,5-9H2,1-4H3. The Morgan fingerprint density at radius 2 is 1.85 bits per heavy atom. The van der Waals surface area contributed by atoms with Crippen molar-refractivity contribution in [3.8, 4) is 0 Å². The third-order valence-electron chi connectivity index (χ3n) is 2.01. The molecule has 0 aliphatic heterocycles. The predicted molar refractivity (Wildman–Crippen MR) is 57.5 cm³/mol. The van der Waals surface area contributed by atoms with Crippen molar-refractivity contribution in [3.63, 3.8) is 0 Å². The Morgan fingerprint density at radius 1 is 1.15 bits per heavy atom. The summed E-state index contributed by atoms with van der Waals surface area (Å²) in [5.74, 6) is 0. The van der Waals surface area contributed by atoms with Crippen LogP contribution in [0.1, 0.15) is 13.3 Å². The van der Waals surface area contributed by atoms with E-state index in [4.69, 9.17) is 0 Å². The topological polar surface area (TPSA) is 30.5 Å². The van der Waals surface area contributed by atoms with Crippen LogP contribution in [0.15, 0.2) is 0 Å². The zero-order valence-electron chi connectivity index (χ0n) is 9.43. The zero-order valence-corrected chi connectivity index (χ0v) is 9.43. The van der Waals surface area contributed by atoms with Crippen molar-refractivity contribution >= 4 is 0 Å². The Hall–Kier alpha value is -0.160. The molecular formula is C9H24N4. The molecule has 0 bridgehead atoms. The Bertz CT molecular complexity index is 106. The minimum atomic E-state index is 0.917. The van der Waals surface area contributed by atoms with E-state index >= 15 is 0 Å². The van der Waals surface area contributed by atoms with Gasteiger partial charge in [0.25, 0.3) is 0 Å². The monoisotopic (exact) mass is 188 g/mol. The summed E-state index contributed by atoms with van der Waals surface area (Å²) < 4.78 is 0. The molecule has 0 radical (unpaired) electrons. The van der Waals surface area contributed by atoms with Gasteiger partial charge in [0.1, 0.15) is 0 Å². The van der Waals surface area contributed by atoms with Crippen molar-refractivity contribution in [2.75, 3.05) is 47.4 Å². The van der Waals surface area contributed by atoms with Crippen molar-refractivity contribution in [1.29, 1.82) is 0 Å². The SMILES string of the molecule is CCN(CCCN(C)C)CNNC. The second kappa shape index (κ2) is 8.44. The lowest BCUT2D eigenvalue weighted by molar-refractivity contribution is 0.239. The number of nitrogens with one attached hydrogen (secondary N) is 2. The van der Waals surface area contributed by atoms with Gasteiger partial charge in [-0.1, -0.05) is 6.92 Å². The zero-order chi connectivity index (χ0) is 10.1. The van der Waals surface area contributed by atoms with Gasteiger partial charge >= 0.3 is 0 Å². The summed E-state index contributed by atoms with van der Waals surface area (Å²) in [6.45, 7) is 6.52. The molecule has 4 nitrogen and oxygen atoms in total. The summed E-state index contributed by atoms with van der Waals surface area (Å²) in [4.78, 5) is 4.60. The van der Waals surface area contributed by atoms with Crippen molar-refractivity contribution in [1.82, 2.24) is 20.7 Å². The highest BCUT2D eigenvalue weighted by Crippen LogP contribution is 1.90. The number of hydrogen-bond acceptors (Lipinski definition) is 4. The highest BCUT2D eigenvalue weighted by atomic mass is 15.4. The molecule has 2 N–H and O–H groups in total. The molecule has 0 rings (SSSR count). The molecule has 0 unspecified atom stereocenters. The first kappa shape index (κ1) is 12.8. The molecule has 0 atom stereocenters. The molecule has 0 saturated carbocycles. The molecular weight excluding hydrogens is 164 g/mol. The van der Waals surface area contributed by atoms with E-state index in [0.717, 1.165) is 26.3 Å². The van der Waals surface area contributed by atoms with Crippen molar-refractivity contribution in [2.45, 2.75) is 13.3 Å². The van der Waals surface area contributed by atoms with Gasteiger partial charge in [-0.3, -0.25) is 10.3 Å². The summed E-state index contributed by atoms with van der Waals surface area (Å²) in [6, 6.07) is 0. The minimum absolute atomic E-state index is 0.917. The first-order chi connectivity index (χ1) is 6.20. The summed E-state index contributed by atoms with van der Waals surface area (Å²) in [5, 5.41) is 0. The predicted octanol–water partition coefficient (Wildman–Crippen LogP) is -0.0585. The van der Waals surface area contributed by atoms with Gasteiger partial charge in [-0.05, 0) is 40.7 Å². The van der Waals surface area contributed by atoms with Crippen LogP contribution in [0.4, 0.5) is 0 Å². The van der Waals surface area contributed by atoms with E-state index in [1.54, 1.807) is 0 Å². The van der Waals surface area contributed by atoms with E-state index in [-0.39, 0.29) is 0 Å². The van der Waals surface area contributed by atoms with E-state index in [1.165, 1.54) is 6.42 Å². The van der Waals surface area contributed by atoms with E-state index in [0.29, 0.717) is 0 Å². The number of nitrogens with zero attached hydrogens (tertiary/aromatic N) is 2. The lowest BCUT2D eigenvalue weighted by Crippen LogP contribution is -2.40. The lowest BCUT2D eigenvalue weighted by Gasteiger charge is -2.21. The molecule has 0 aliphatic carbocycles. The quantitative estimate of drug-likeness (QED) is 0.413. The summed E-state index contributed by atoms with van der Waals surface area (Å²) in [5.41, 5.74) is 6.03. The van der Waals surface area contributed by atoms with Gasteiger partial charge in [0.15, 0.2) is 0 Å². The summed E-state index contributed by atoms with van der Waals surface area (Å²) in [7, 11) is 6.12. The van der Waals surface area contributed by atoms with Gasteiger partial charge in [-0.25, -0.2) is 5.43 Å². The van der Waals surface area contributed by atoms with Gasteiger partial charge in [0.05, 0.1) is 6.67 Å². The van der Waals surface area contributed by atoms with Gasteiger partial charge < -0.3 is 4.90 Å². The van der Waals surface area contributed by atoms with Crippen LogP contribution in [0.25, 0.3) is 0 Å². The van der Waals surface area contributed by atoms with Gasteiger partial charge in [0.2, 0.25) is 0 Å². The smallest absolute Gasteiger partial charge is 0.0614 e. The normalized spacial score (nSPS) is 11.5. The summed E-state index contributed by atoms with van der Waals surface area (Å²) in [6.07, 6.45) is 1.23. The number of rotatable bonds is 8. The van der Waals surface area contributed by atoms with Crippen LogP contribution in [0.5, 0.6) is 0 Å². The van der Waals surface area contributed by atoms with Gasteiger partial charge in [-0.2, -0.15) is 0 Å². The molecule has 0 aromatic rings. The van der Waals surface area contributed by atoms with Crippen LogP contribution in [0, 0.1) is 0 Å². The molecule has 0 aromatic heterocycles. The molecule has 0 aromatic carbocycles. The largest absolute Gasteiger partial charge is 0.309 e. The van der Waals surface area contributed by atoms with E-state index in [9.17, 15) is 0 Å². The Morgan fingerprint density at radius 3 is 2.31 bits per heavy atom. The average molecular weight is 188 g/mol. The minimum Gasteiger partial charge on any atom is -0.309 e. The van der Waals surface area contributed by atoms with Gasteiger partial charge in [0, 0.05) is 6.54 Å². The van der Waals surface area contributed by atoms with Crippen LogP contribution in [-0.2, 0) is 0 Å². The maximum atomic E-state index is 3.10. The van der Waals surface area contributed by atoms with Crippen LogP contribution in [0.3, 0.4) is 0 Å². The van der Waals surface area contributed by atoms with E-state index in [1.807, 2.05) is 7.05 Å². The Labute approximate surface area is 82.2 Å². The highest BCUT2D eigenvalue weighted by molar-refractivity contribution is 4.54. The first-order valence-corrected chi connectivity index (χ1v) is 4.97. The van der Waals surface area contributed by atoms with Crippen molar-refractivity contribution in [3.05, 3.63) is 0 Å². The average Bonchev–Trinajstić information content (AvgIpc) is 2.10. The van der Waals surface area contributed by atoms with E-state index < -0.39 is 0 Å². The maximum absolute atomic E-state index is 3.10. The third kappa shape index (κ3) is 8.18. The van der Waals surface area contributed by atoms with Crippen LogP contribution >= 0.6 is 0 Å². The fourth-order valence-electron chi connectivity index (χ4n) is 1.15. The van der Waals surface area contributed by atoms with Crippen molar-refractivity contribution < 1.29 is 0 Å². The molecule has 0 fully saturated rings. The van der Waals surface area contributed by atoms with Crippen molar-refractivity contribution in [2.24, 2.45) is 0 Å². The maximum Gasteiger partial charge on any atom is 0.0614 e. The van der Waals surface area contributed by atoms with Crippen LogP contribution < -0.4 is 10.9 Å². The highest BCUT2D eigenvalue weighted by Gasteiger charge is 2.00. The fraction of sp³-hybridized carbons (Fsp3) is 1.00. The fourth-order valence-corrected chi connectivity index (χ4v) is 1.15. The van der Waals surface area contributed by atoms with Gasteiger partial charge in [-0.15, -0.1) is 0 Å². The summed E-state index contributed by atoms with van der Waals surface area (Å²) >= 11 is 0. The second-order valence-electron chi connectivity index (χ2n) is 3.45. The van der Waals surface area contributed by atoms with Crippen LogP contribution in [-0.4, -0.2) is 57.2 Å². The molecule has 0 spiro atoms. The van der Waals surface area contributed by atoms with Crippen LogP contribution in [0.2, 0.25) is 0 Å². The molecule has 0 aliphatic rings. The molecule has 0 saturated heterocycles. The number of hydrogen-bond donors (Lipinski definition) is 2. The molecule has 0 amide bonds. The molecule has 0 heterocycles. The Kier molecular flexibility index (Phi) is 8.33. The number of hydrazine groups is 1. The van der Waals surface area contributed by atoms with E-state index in [2.05, 4.69) is 41.7 Å². The lowest BCUT2D eigenvalue weighted by atomic mass is 10.4. The molecule has 4 heteroatoms. The molecule has 13 heavy (non-hydrogen) atoms.